The normalized spacial score (nSPS) is 18.7. The predicted molar refractivity (Wildman–Crippen MR) is 107 cm³/mol. The van der Waals surface area contributed by atoms with Gasteiger partial charge in [-0.1, -0.05) is 30.1 Å². The summed E-state index contributed by atoms with van der Waals surface area (Å²) in [5.74, 6) is 0. The lowest BCUT2D eigenvalue weighted by Gasteiger charge is -2.32. The van der Waals surface area contributed by atoms with E-state index < -0.39 is 30.0 Å². The van der Waals surface area contributed by atoms with Gasteiger partial charge in [-0.2, -0.15) is 0 Å². The van der Waals surface area contributed by atoms with Gasteiger partial charge in [0.2, 0.25) is 0 Å². The summed E-state index contributed by atoms with van der Waals surface area (Å²) in [7, 11) is 1.66. The van der Waals surface area contributed by atoms with Crippen molar-refractivity contribution in [2.45, 2.75) is 78.1 Å². The number of alkyl carbamates (subject to hydrolysis) is 1. The fourth-order valence-corrected chi connectivity index (χ4v) is 2.70. The van der Waals surface area contributed by atoms with Crippen molar-refractivity contribution in [3.63, 3.8) is 0 Å². The van der Waals surface area contributed by atoms with Gasteiger partial charge in [-0.3, -0.25) is 0 Å². The minimum absolute atomic E-state index is 0.359. The summed E-state index contributed by atoms with van der Waals surface area (Å²) >= 11 is 0. The fourth-order valence-electron chi connectivity index (χ4n) is 2.70. The molecule has 1 aliphatic rings. The lowest BCUT2D eigenvalue weighted by Crippen LogP contribution is -2.41. The van der Waals surface area contributed by atoms with Crippen LogP contribution in [-0.2, 0) is 26.9 Å². The average Bonchev–Trinajstić information content (AvgIpc) is 2.71. The Labute approximate surface area is 158 Å². The highest BCUT2D eigenvalue weighted by Gasteiger charge is 2.52. The summed E-state index contributed by atoms with van der Waals surface area (Å²) in [6, 6.07) is 6.20. The molecule has 0 bridgehead atoms. The number of hydrogen-bond donors (Lipinski definition) is 1. The number of amides is 1. The summed E-state index contributed by atoms with van der Waals surface area (Å²) in [5.41, 5.74) is 1.79. The second-order valence-corrected chi connectivity index (χ2v) is 8.83. The van der Waals surface area contributed by atoms with Gasteiger partial charge in [-0.15, -0.1) is 0 Å². The zero-order valence-electron chi connectivity index (χ0n) is 17.4. The molecule has 1 saturated heterocycles. The first kappa shape index (κ1) is 20.8. The molecule has 0 spiro atoms. The van der Waals surface area contributed by atoms with Crippen LogP contribution in [-0.4, -0.2) is 37.9 Å². The Morgan fingerprint density at radius 1 is 1.19 bits per heavy atom. The third kappa shape index (κ3) is 4.83. The molecule has 1 fully saturated rings. The summed E-state index contributed by atoms with van der Waals surface area (Å²) in [4.78, 5) is 12.0. The fraction of sp³-hybridized carbons (Fsp3) is 0.632. The molecule has 1 heterocycles. The summed E-state index contributed by atoms with van der Waals surface area (Å²) in [6.45, 7) is 14.0. The molecule has 1 aromatic carbocycles. The number of nitrogens with one attached hydrogen (secondary N) is 1. The summed E-state index contributed by atoms with van der Waals surface area (Å²) in [6.07, 6.45) is 0.490. The Morgan fingerprint density at radius 3 is 2.27 bits per heavy atom. The molecule has 1 N–H and O–H groups in total. The van der Waals surface area contributed by atoms with Crippen molar-refractivity contribution in [1.82, 2.24) is 5.32 Å². The molecule has 142 valence electrons. The summed E-state index contributed by atoms with van der Waals surface area (Å²) < 4.78 is 17.7. The van der Waals surface area contributed by atoms with E-state index >= 15 is 0 Å². The van der Waals surface area contributed by atoms with Gasteiger partial charge in [0.05, 0.1) is 11.2 Å². The van der Waals surface area contributed by atoms with Gasteiger partial charge in [-0.05, 0) is 59.5 Å². The van der Waals surface area contributed by atoms with E-state index in [1.54, 1.807) is 0 Å². The van der Waals surface area contributed by atoms with Crippen LogP contribution < -0.4 is 10.8 Å². The highest BCUT2D eigenvalue weighted by molar-refractivity contribution is 6.62. The van der Waals surface area contributed by atoms with Crippen molar-refractivity contribution in [1.29, 1.82) is 0 Å². The van der Waals surface area contributed by atoms with E-state index in [1.807, 2.05) is 54.5 Å². The molecular formula is C19H31B2NO4. The molecule has 7 heteroatoms. The van der Waals surface area contributed by atoms with E-state index in [2.05, 4.69) is 25.3 Å². The zero-order valence-corrected chi connectivity index (χ0v) is 17.4. The minimum atomic E-state index is -0.523. The van der Waals surface area contributed by atoms with Crippen molar-refractivity contribution in [3.8, 4) is 0 Å². The maximum atomic E-state index is 12.0. The molecular weight excluding hydrogens is 328 g/mol. The lowest BCUT2D eigenvalue weighted by atomic mass is 9.74. The topological polar surface area (TPSA) is 56.8 Å². The van der Waals surface area contributed by atoms with E-state index in [4.69, 9.17) is 14.0 Å². The van der Waals surface area contributed by atoms with Crippen LogP contribution in [0.3, 0.4) is 0 Å². The number of carbonyl (C=O) groups excluding carboxylic acids is 1. The molecule has 1 aromatic rings. The van der Waals surface area contributed by atoms with Gasteiger partial charge in [0, 0.05) is 6.54 Å². The highest BCUT2D eigenvalue weighted by Crippen LogP contribution is 2.36. The van der Waals surface area contributed by atoms with Crippen molar-refractivity contribution < 1.29 is 18.8 Å². The molecule has 26 heavy (non-hydrogen) atoms. The zero-order chi connectivity index (χ0) is 19.8. The van der Waals surface area contributed by atoms with Gasteiger partial charge in [0.15, 0.2) is 0 Å². The Bertz CT molecular complexity index is 652. The molecule has 5 nitrogen and oxygen atoms in total. The smallest absolute Gasteiger partial charge is 0.444 e. The van der Waals surface area contributed by atoms with Gasteiger partial charge in [-0.25, -0.2) is 4.79 Å². The number of rotatable bonds is 4. The van der Waals surface area contributed by atoms with Crippen molar-refractivity contribution >= 4 is 26.5 Å². The highest BCUT2D eigenvalue weighted by atomic mass is 16.7. The third-order valence-electron chi connectivity index (χ3n) is 4.95. The Kier molecular flexibility index (Phi) is 5.83. The number of benzene rings is 1. The van der Waals surface area contributed by atoms with E-state index in [0.29, 0.717) is 6.54 Å². The molecule has 0 radical (unpaired) electrons. The average molecular weight is 359 g/mol. The first-order valence-corrected chi connectivity index (χ1v) is 9.29. The minimum Gasteiger partial charge on any atom is -0.444 e. The van der Waals surface area contributed by atoms with Crippen LogP contribution in [0.15, 0.2) is 18.2 Å². The van der Waals surface area contributed by atoms with Crippen LogP contribution in [0.1, 0.15) is 59.6 Å². The van der Waals surface area contributed by atoms with E-state index in [0.717, 1.165) is 17.3 Å². The Hall–Kier alpha value is -1.46. The van der Waals surface area contributed by atoms with Crippen molar-refractivity contribution in [3.05, 3.63) is 29.3 Å². The third-order valence-corrected chi connectivity index (χ3v) is 4.95. The lowest BCUT2D eigenvalue weighted by molar-refractivity contribution is 0.00578. The molecule has 0 unspecified atom stereocenters. The van der Waals surface area contributed by atoms with Crippen LogP contribution >= 0.6 is 0 Å². The first-order valence-electron chi connectivity index (χ1n) is 9.29. The van der Waals surface area contributed by atoms with Gasteiger partial charge >= 0.3 is 13.2 Å². The van der Waals surface area contributed by atoms with Crippen molar-refractivity contribution in [2.24, 2.45) is 0 Å². The molecule has 0 saturated carbocycles. The van der Waals surface area contributed by atoms with E-state index in [-0.39, 0.29) is 0 Å². The maximum Gasteiger partial charge on any atom is 0.495 e. The molecule has 0 aromatic heterocycles. The molecule has 1 amide bonds. The Balaban J connectivity index is 2.22. The van der Waals surface area contributed by atoms with Gasteiger partial charge in [0.1, 0.15) is 13.4 Å². The van der Waals surface area contributed by atoms with Crippen LogP contribution in [0.4, 0.5) is 4.79 Å². The monoisotopic (exact) mass is 359 g/mol. The molecule has 0 atom stereocenters. The second kappa shape index (κ2) is 7.28. The predicted octanol–water partition coefficient (Wildman–Crippen LogP) is 2.14. The van der Waals surface area contributed by atoms with Crippen LogP contribution in [0.25, 0.3) is 0 Å². The van der Waals surface area contributed by atoms with Crippen molar-refractivity contribution in [2.75, 3.05) is 0 Å². The van der Waals surface area contributed by atoms with Gasteiger partial charge in [0.25, 0.3) is 0 Å². The standard InChI is InChI=1S/C19H31B2NO4/c1-17(2,3)24-16(23)22-12-14-9-8-13(11-20)10-15(14)21-25-18(4,5)19(6,7)26-21/h8-10H,11-12,20H2,1-7H3,(H,22,23). The van der Waals surface area contributed by atoms with Crippen LogP contribution in [0.2, 0.25) is 0 Å². The van der Waals surface area contributed by atoms with Crippen LogP contribution in [0, 0.1) is 0 Å². The largest absolute Gasteiger partial charge is 0.495 e. The van der Waals surface area contributed by atoms with E-state index in [9.17, 15) is 4.79 Å². The van der Waals surface area contributed by atoms with Gasteiger partial charge < -0.3 is 19.4 Å². The van der Waals surface area contributed by atoms with E-state index in [1.165, 1.54) is 5.56 Å². The SMILES string of the molecule is BCc1ccc(CNC(=O)OC(C)(C)C)c(B2OC(C)(C)C(C)(C)O2)c1. The quantitative estimate of drug-likeness (QED) is 0.838. The summed E-state index contributed by atoms with van der Waals surface area (Å²) in [5, 5.41) is 2.83. The number of carbonyl (C=O) groups is 1. The molecule has 2 rings (SSSR count). The molecule has 0 aliphatic carbocycles. The first-order chi connectivity index (χ1) is 11.8. The number of ether oxygens (including phenoxy) is 1. The van der Waals surface area contributed by atoms with Crippen LogP contribution in [0.5, 0.6) is 0 Å². The molecule has 1 aliphatic heterocycles. The Morgan fingerprint density at radius 2 is 1.77 bits per heavy atom. The second-order valence-electron chi connectivity index (χ2n) is 8.83. The number of hydrogen-bond acceptors (Lipinski definition) is 4. The maximum absolute atomic E-state index is 12.0.